The molecule has 1 aliphatic rings. The van der Waals surface area contributed by atoms with E-state index in [-0.39, 0.29) is 49.4 Å². The molecule has 1 saturated heterocycles. The van der Waals surface area contributed by atoms with Gasteiger partial charge in [-0.2, -0.15) is 0 Å². The van der Waals surface area contributed by atoms with Crippen molar-refractivity contribution in [3.63, 3.8) is 0 Å². The number of carbonyl (C=O) groups excluding carboxylic acids is 3. The third-order valence-electron chi connectivity index (χ3n) is 8.18. The summed E-state index contributed by atoms with van der Waals surface area (Å²) in [6.45, 7) is 8.17. The fourth-order valence-corrected chi connectivity index (χ4v) is 5.81. The first kappa shape index (κ1) is 34.7. The Hall–Kier alpha value is -3.75. The van der Waals surface area contributed by atoms with E-state index in [0.29, 0.717) is 25.8 Å². The van der Waals surface area contributed by atoms with Crippen LogP contribution in [-0.2, 0) is 30.3 Å². The Labute approximate surface area is 262 Å². The number of hydrogen-bond donors (Lipinski definition) is 2. The Morgan fingerprint density at radius 1 is 1.05 bits per heavy atom. The van der Waals surface area contributed by atoms with Crippen LogP contribution in [0.25, 0.3) is 0 Å². The van der Waals surface area contributed by atoms with E-state index in [2.05, 4.69) is 18.5 Å². The molecule has 2 N–H and O–H groups in total. The Balaban J connectivity index is 1.83. The van der Waals surface area contributed by atoms with Crippen LogP contribution < -0.4 is 5.32 Å². The molecule has 0 radical (unpaired) electrons. The van der Waals surface area contributed by atoms with Crippen LogP contribution in [0.4, 0.5) is 0 Å². The zero-order chi connectivity index (χ0) is 31.7. The van der Waals surface area contributed by atoms with Crippen LogP contribution in [0.1, 0.15) is 62.2 Å². The molecule has 5 atom stereocenters. The number of likely N-dealkylation sites (tertiary alicyclic amines) is 1. The number of amides is 2. The molecule has 2 aromatic rings. The molecule has 0 spiro atoms. The van der Waals surface area contributed by atoms with E-state index in [1.165, 1.54) is 7.11 Å². The number of unbranched alkanes of at least 4 members (excludes halogenated alkanes) is 1. The van der Waals surface area contributed by atoms with Gasteiger partial charge in [-0.1, -0.05) is 72.8 Å². The highest BCUT2D eigenvalue weighted by molar-refractivity contribution is 5.86. The molecule has 1 aliphatic heterocycles. The molecule has 1 heterocycles. The van der Waals surface area contributed by atoms with Crippen molar-refractivity contribution < 1.29 is 29.0 Å². The minimum absolute atomic E-state index is 0.00764. The molecule has 8 heteroatoms. The van der Waals surface area contributed by atoms with E-state index in [1.54, 1.807) is 11.0 Å². The maximum absolute atomic E-state index is 13.8. The summed E-state index contributed by atoms with van der Waals surface area (Å²) in [4.78, 5) is 42.3. The van der Waals surface area contributed by atoms with Crippen molar-refractivity contribution in [1.29, 1.82) is 0 Å². The lowest BCUT2D eigenvalue weighted by atomic mass is 9.93. The number of methoxy groups -OCH3 is 1. The van der Waals surface area contributed by atoms with Crippen molar-refractivity contribution in [2.45, 2.75) is 69.6 Å². The lowest BCUT2D eigenvalue weighted by Gasteiger charge is -2.31. The number of nitrogens with one attached hydrogen (secondary N) is 1. The van der Waals surface area contributed by atoms with Crippen molar-refractivity contribution in [2.75, 3.05) is 26.9 Å². The van der Waals surface area contributed by atoms with Gasteiger partial charge in [-0.25, -0.2) is 0 Å². The monoisotopic (exact) mass is 604 g/mol. The average Bonchev–Trinajstić information content (AvgIpc) is 3.53. The Morgan fingerprint density at radius 3 is 2.39 bits per heavy atom. The average molecular weight is 605 g/mol. The van der Waals surface area contributed by atoms with Gasteiger partial charge in [0.25, 0.3) is 0 Å². The van der Waals surface area contributed by atoms with Gasteiger partial charge in [-0.15, -0.1) is 13.2 Å². The van der Waals surface area contributed by atoms with E-state index < -0.39 is 18.1 Å². The van der Waals surface area contributed by atoms with Gasteiger partial charge in [-0.05, 0) is 56.1 Å². The first-order chi connectivity index (χ1) is 21.4. The molecule has 0 aromatic heterocycles. The normalized spacial score (nSPS) is 17.2. The summed E-state index contributed by atoms with van der Waals surface area (Å²) >= 11 is 0. The fourth-order valence-electron chi connectivity index (χ4n) is 5.81. The molecule has 1 fully saturated rings. The molecule has 238 valence electrons. The van der Waals surface area contributed by atoms with Gasteiger partial charge in [0.05, 0.1) is 37.1 Å². The predicted molar refractivity (Wildman–Crippen MR) is 172 cm³/mol. The van der Waals surface area contributed by atoms with E-state index in [0.717, 1.165) is 36.8 Å². The van der Waals surface area contributed by atoms with Crippen LogP contribution in [0.15, 0.2) is 86.0 Å². The molecule has 8 nitrogen and oxygen atoms in total. The first-order valence-electron chi connectivity index (χ1n) is 15.6. The molecule has 44 heavy (non-hydrogen) atoms. The summed E-state index contributed by atoms with van der Waals surface area (Å²) in [6, 6.07) is 18.3. The van der Waals surface area contributed by atoms with Crippen LogP contribution in [0.3, 0.4) is 0 Å². The van der Waals surface area contributed by atoms with Gasteiger partial charge < -0.3 is 24.8 Å². The number of hydrogen-bond acceptors (Lipinski definition) is 6. The van der Waals surface area contributed by atoms with Crippen LogP contribution in [0.2, 0.25) is 0 Å². The van der Waals surface area contributed by atoms with Gasteiger partial charge in [0.2, 0.25) is 11.8 Å². The number of benzene rings is 2. The van der Waals surface area contributed by atoms with Crippen LogP contribution >= 0.6 is 0 Å². The van der Waals surface area contributed by atoms with Crippen LogP contribution in [0, 0.1) is 11.8 Å². The number of carbonyl (C=O) groups is 3. The second kappa shape index (κ2) is 18.8. The van der Waals surface area contributed by atoms with Crippen molar-refractivity contribution in [3.05, 3.63) is 97.1 Å². The van der Waals surface area contributed by atoms with E-state index in [4.69, 9.17) is 9.47 Å². The number of aliphatic hydroxyl groups is 1. The first-order valence-corrected chi connectivity index (χ1v) is 15.6. The fraction of sp³-hybridized carbons (Fsp3) is 0.472. The summed E-state index contributed by atoms with van der Waals surface area (Å²) < 4.78 is 11.8. The predicted octanol–water partition coefficient (Wildman–Crippen LogP) is 5.18. The zero-order valence-electron chi connectivity index (χ0n) is 25.9. The Morgan fingerprint density at radius 2 is 1.75 bits per heavy atom. The van der Waals surface area contributed by atoms with Crippen molar-refractivity contribution in [3.8, 4) is 0 Å². The third kappa shape index (κ3) is 10.5. The molecular formula is C36H48N2O6. The molecule has 5 unspecified atom stereocenters. The molecular weight excluding hydrogens is 556 g/mol. The molecule has 3 rings (SSSR count). The molecule has 0 aliphatic carbocycles. The Kier molecular flexibility index (Phi) is 14.9. The number of rotatable bonds is 19. The van der Waals surface area contributed by atoms with Crippen LogP contribution in [-0.4, -0.2) is 66.7 Å². The number of allylic oxidation sites excluding steroid dienone is 2. The van der Waals surface area contributed by atoms with Gasteiger partial charge in [0.15, 0.2) is 0 Å². The maximum Gasteiger partial charge on any atom is 0.309 e. The summed E-state index contributed by atoms with van der Waals surface area (Å²) in [5.41, 5.74) is 1.77. The van der Waals surface area contributed by atoms with E-state index >= 15 is 0 Å². The number of esters is 1. The van der Waals surface area contributed by atoms with E-state index in [1.807, 2.05) is 66.7 Å². The topological polar surface area (TPSA) is 105 Å². The van der Waals surface area contributed by atoms with Crippen LogP contribution in [0.5, 0.6) is 0 Å². The molecule has 0 bridgehead atoms. The second-order valence-corrected chi connectivity index (χ2v) is 11.4. The van der Waals surface area contributed by atoms with Gasteiger partial charge in [0, 0.05) is 20.1 Å². The molecule has 2 aromatic carbocycles. The second-order valence-electron chi connectivity index (χ2n) is 11.4. The number of nitrogens with zero attached hydrogens (tertiary/aromatic N) is 1. The minimum Gasteiger partial charge on any atom is -0.455 e. The lowest BCUT2D eigenvalue weighted by Crippen LogP contribution is -2.47. The quantitative estimate of drug-likeness (QED) is 0.130. The Bertz CT molecular complexity index is 1190. The standard InChI is InChI=1S/C36H48N2O6/c1-4-6-9-20-30(23-27-16-10-7-11-17-27)36(42)44-34(28-18-12-8-13-19-28)32(26-43-3)37-35(41)29(15-5-2)24-33(40)38-22-14-21-31(38)25-39/h4-5,7-8,10-13,16-19,29-32,34,39H,1-2,6,9,14-15,20-26H2,3H3,(H,37,41). The maximum atomic E-state index is 13.8. The van der Waals surface area contributed by atoms with Crippen molar-refractivity contribution >= 4 is 17.8 Å². The highest BCUT2D eigenvalue weighted by Gasteiger charge is 2.35. The highest BCUT2D eigenvalue weighted by Crippen LogP contribution is 2.27. The largest absolute Gasteiger partial charge is 0.455 e. The smallest absolute Gasteiger partial charge is 0.309 e. The summed E-state index contributed by atoms with van der Waals surface area (Å²) in [5, 5.41) is 12.7. The van der Waals surface area contributed by atoms with Crippen molar-refractivity contribution in [1.82, 2.24) is 10.2 Å². The van der Waals surface area contributed by atoms with Gasteiger partial charge in [-0.3, -0.25) is 14.4 Å². The highest BCUT2D eigenvalue weighted by atomic mass is 16.5. The third-order valence-corrected chi connectivity index (χ3v) is 8.18. The SMILES string of the molecule is C=CCCCC(Cc1ccccc1)C(=O)OC(c1ccccc1)C(COC)NC(=O)C(CC=C)CC(=O)N1CCCC1CO. The number of ether oxygens (including phenoxy) is 2. The zero-order valence-corrected chi connectivity index (χ0v) is 25.9. The summed E-state index contributed by atoms with van der Waals surface area (Å²) in [7, 11) is 1.53. The molecule has 2 amide bonds. The number of aliphatic hydroxyl groups excluding tert-OH is 1. The minimum atomic E-state index is -0.817. The van der Waals surface area contributed by atoms with E-state index in [9.17, 15) is 19.5 Å². The van der Waals surface area contributed by atoms with Crippen molar-refractivity contribution in [2.24, 2.45) is 11.8 Å². The summed E-state index contributed by atoms with van der Waals surface area (Å²) in [5.74, 6) is -1.90. The lowest BCUT2D eigenvalue weighted by molar-refractivity contribution is -0.158. The van der Waals surface area contributed by atoms with Gasteiger partial charge in [0.1, 0.15) is 6.10 Å². The molecule has 0 saturated carbocycles. The van der Waals surface area contributed by atoms with Gasteiger partial charge >= 0.3 is 5.97 Å². The summed E-state index contributed by atoms with van der Waals surface area (Å²) in [6.07, 6.45) is 7.29.